The smallest absolute Gasteiger partial charge is 0.254 e. The van der Waals surface area contributed by atoms with Crippen molar-refractivity contribution in [3.63, 3.8) is 0 Å². The minimum atomic E-state index is 0.0374. The van der Waals surface area contributed by atoms with Gasteiger partial charge in [0.25, 0.3) is 5.91 Å². The number of carbonyl (C=O) groups is 1. The Bertz CT molecular complexity index is 1490. The second kappa shape index (κ2) is 10.3. The molecule has 1 aliphatic carbocycles. The number of fused-ring (bicyclic) bond motifs is 1. The average molecular weight is 510 g/mol. The molecule has 4 aromatic rings. The van der Waals surface area contributed by atoms with Gasteiger partial charge in [0.15, 0.2) is 5.65 Å². The summed E-state index contributed by atoms with van der Waals surface area (Å²) in [5, 5.41) is 9.26. The summed E-state index contributed by atoms with van der Waals surface area (Å²) in [5.74, 6) is 0.531. The molecule has 0 atom stereocenters. The molecule has 5 heterocycles. The maximum absolute atomic E-state index is 13.2. The van der Waals surface area contributed by atoms with E-state index in [1.807, 2.05) is 37.1 Å². The van der Waals surface area contributed by atoms with Crippen LogP contribution in [0.25, 0.3) is 16.6 Å². The molecule has 0 radical (unpaired) electrons. The van der Waals surface area contributed by atoms with Crippen molar-refractivity contribution >= 4 is 34.1 Å². The molecular formula is C28H31N9O. The molecule has 1 saturated carbocycles. The number of aromatic nitrogens is 7. The highest BCUT2D eigenvalue weighted by molar-refractivity contribution is 5.95. The Labute approximate surface area is 221 Å². The van der Waals surface area contributed by atoms with E-state index in [1.165, 1.54) is 25.6 Å². The largest absolute Gasteiger partial charge is 0.335 e. The number of amides is 1. The SMILES string of the molecule is Cc1cc(C(=O)N2CC=C(c3nn(C4CCCCC4)c4nc(Nc5cncnc5)ncc34)CC2)cc(C)n1. The zero-order valence-electron chi connectivity index (χ0n) is 21.8. The van der Waals surface area contributed by atoms with Crippen molar-refractivity contribution in [3.8, 4) is 0 Å². The van der Waals surface area contributed by atoms with E-state index in [4.69, 9.17) is 10.1 Å². The third-order valence-electron chi connectivity index (χ3n) is 7.31. The van der Waals surface area contributed by atoms with Gasteiger partial charge in [0.05, 0.1) is 35.2 Å². The monoisotopic (exact) mass is 509 g/mol. The quantitative estimate of drug-likeness (QED) is 0.408. The Morgan fingerprint density at radius 1 is 1.00 bits per heavy atom. The lowest BCUT2D eigenvalue weighted by atomic mass is 9.96. The van der Waals surface area contributed by atoms with Crippen molar-refractivity contribution in [3.05, 3.63) is 65.8 Å². The van der Waals surface area contributed by atoms with E-state index in [0.717, 1.165) is 58.6 Å². The first-order valence-corrected chi connectivity index (χ1v) is 13.3. The molecule has 0 unspecified atom stereocenters. The Morgan fingerprint density at radius 2 is 1.76 bits per heavy atom. The second-order valence-corrected chi connectivity index (χ2v) is 10.1. The fourth-order valence-electron chi connectivity index (χ4n) is 5.50. The van der Waals surface area contributed by atoms with Crippen LogP contribution in [0.5, 0.6) is 0 Å². The predicted molar refractivity (Wildman–Crippen MR) is 145 cm³/mol. The molecular weight excluding hydrogens is 478 g/mol. The Morgan fingerprint density at radius 3 is 2.47 bits per heavy atom. The zero-order chi connectivity index (χ0) is 26.1. The highest BCUT2D eigenvalue weighted by Crippen LogP contribution is 2.34. The van der Waals surface area contributed by atoms with E-state index < -0.39 is 0 Å². The van der Waals surface area contributed by atoms with Crippen molar-refractivity contribution in [2.45, 2.75) is 58.4 Å². The van der Waals surface area contributed by atoms with E-state index in [1.54, 1.807) is 12.4 Å². The minimum Gasteiger partial charge on any atom is -0.335 e. The Hall–Kier alpha value is -4.21. The summed E-state index contributed by atoms with van der Waals surface area (Å²) in [4.78, 5) is 37.0. The fourth-order valence-corrected chi connectivity index (χ4v) is 5.50. The first-order chi connectivity index (χ1) is 18.5. The number of hydrogen-bond acceptors (Lipinski definition) is 8. The molecule has 194 valence electrons. The first kappa shape index (κ1) is 24.1. The van der Waals surface area contributed by atoms with E-state index >= 15 is 0 Å². The molecule has 0 spiro atoms. The van der Waals surface area contributed by atoms with Crippen LogP contribution in [0, 0.1) is 13.8 Å². The molecule has 1 fully saturated rings. The molecule has 10 heteroatoms. The van der Waals surface area contributed by atoms with Crippen molar-refractivity contribution in [1.82, 2.24) is 39.6 Å². The maximum Gasteiger partial charge on any atom is 0.254 e. The van der Waals surface area contributed by atoms with Crippen LogP contribution in [0.4, 0.5) is 11.6 Å². The molecule has 2 aliphatic rings. The summed E-state index contributed by atoms with van der Waals surface area (Å²) in [7, 11) is 0. The van der Waals surface area contributed by atoms with Gasteiger partial charge in [0, 0.05) is 36.2 Å². The van der Waals surface area contributed by atoms with Gasteiger partial charge in [-0.25, -0.2) is 19.6 Å². The van der Waals surface area contributed by atoms with Crippen molar-refractivity contribution in [1.29, 1.82) is 0 Å². The third kappa shape index (κ3) is 4.85. The standard InChI is InChI=1S/C28H31N9O/c1-18-12-21(13-19(2)32-18)27(38)36-10-8-20(9-11-36)25-24-16-31-28(33-22-14-29-17-30-15-22)34-26(24)37(35-25)23-6-4-3-5-7-23/h8,12-17,23H,3-7,9-11H2,1-2H3,(H,31,33,34). The van der Waals surface area contributed by atoms with E-state index in [0.29, 0.717) is 30.6 Å². The summed E-state index contributed by atoms with van der Waals surface area (Å²) >= 11 is 0. The van der Waals surface area contributed by atoms with Crippen molar-refractivity contribution < 1.29 is 4.79 Å². The van der Waals surface area contributed by atoms with Crippen molar-refractivity contribution in [2.75, 3.05) is 18.4 Å². The van der Waals surface area contributed by atoms with Crippen LogP contribution in [-0.2, 0) is 0 Å². The lowest BCUT2D eigenvalue weighted by Crippen LogP contribution is -2.34. The van der Waals surface area contributed by atoms with Crippen LogP contribution in [-0.4, -0.2) is 58.6 Å². The van der Waals surface area contributed by atoms with Crippen LogP contribution in [0.15, 0.2) is 43.1 Å². The number of carbonyl (C=O) groups excluding carboxylic acids is 1. The molecule has 10 nitrogen and oxygen atoms in total. The maximum atomic E-state index is 13.2. The predicted octanol–water partition coefficient (Wildman–Crippen LogP) is 4.81. The number of anilines is 2. The van der Waals surface area contributed by atoms with Gasteiger partial charge in [-0.3, -0.25) is 9.78 Å². The van der Waals surface area contributed by atoms with Crippen LogP contribution >= 0.6 is 0 Å². The van der Waals surface area contributed by atoms with Gasteiger partial charge < -0.3 is 10.2 Å². The summed E-state index contributed by atoms with van der Waals surface area (Å²) in [6.45, 7) is 5.02. The van der Waals surface area contributed by atoms with Crippen LogP contribution in [0.3, 0.4) is 0 Å². The number of rotatable bonds is 5. The third-order valence-corrected chi connectivity index (χ3v) is 7.31. The number of nitrogens with zero attached hydrogens (tertiary/aromatic N) is 8. The van der Waals surface area contributed by atoms with Crippen LogP contribution < -0.4 is 5.32 Å². The molecule has 38 heavy (non-hydrogen) atoms. The van der Waals surface area contributed by atoms with Crippen molar-refractivity contribution in [2.24, 2.45) is 0 Å². The van der Waals surface area contributed by atoms with Gasteiger partial charge in [0.1, 0.15) is 6.33 Å². The number of pyridine rings is 1. The van der Waals surface area contributed by atoms with Gasteiger partial charge in [0.2, 0.25) is 5.95 Å². The van der Waals surface area contributed by atoms with E-state index in [2.05, 4.69) is 36.0 Å². The lowest BCUT2D eigenvalue weighted by molar-refractivity contribution is 0.0772. The minimum absolute atomic E-state index is 0.0374. The first-order valence-electron chi connectivity index (χ1n) is 13.3. The molecule has 1 N–H and O–H groups in total. The Kier molecular flexibility index (Phi) is 6.53. The van der Waals surface area contributed by atoms with Gasteiger partial charge >= 0.3 is 0 Å². The number of nitrogens with one attached hydrogen (secondary N) is 1. The summed E-state index contributed by atoms with van der Waals surface area (Å²) in [6.07, 6.45) is 15.5. The van der Waals surface area contributed by atoms with Crippen LogP contribution in [0.2, 0.25) is 0 Å². The molecule has 1 aliphatic heterocycles. The highest BCUT2D eigenvalue weighted by Gasteiger charge is 2.26. The summed E-state index contributed by atoms with van der Waals surface area (Å²) in [6, 6.07) is 4.04. The number of hydrogen-bond donors (Lipinski definition) is 1. The normalized spacial score (nSPS) is 16.5. The van der Waals surface area contributed by atoms with Gasteiger partial charge in [-0.15, -0.1) is 0 Å². The molecule has 0 aromatic carbocycles. The fraction of sp³-hybridized carbons (Fsp3) is 0.393. The highest BCUT2D eigenvalue weighted by atomic mass is 16.2. The Balaban J connectivity index is 1.31. The molecule has 0 bridgehead atoms. The van der Waals surface area contributed by atoms with Gasteiger partial charge in [-0.05, 0) is 50.8 Å². The number of aryl methyl sites for hydroxylation is 2. The topological polar surface area (TPSA) is 115 Å². The van der Waals surface area contributed by atoms with Gasteiger partial charge in [-0.1, -0.05) is 25.3 Å². The summed E-state index contributed by atoms with van der Waals surface area (Å²) in [5.41, 5.74) is 6.03. The second-order valence-electron chi connectivity index (χ2n) is 10.1. The molecule has 1 amide bonds. The average Bonchev–Trinajstić information content (AvgIpc) is 3.32. The molecule has 0 saturated heterocycles. The molecule has 4 aromatic heterocycles. The van der Waals surface area contributed by atoms with E-state index in [-0.39, 0.29) is 5.91 Å². The van der Waals surface area contributed by atoms with Crippen LogP contribution in [0.1, 0.15) is 72.0 Å². The lowest BCUT2D eigenvalue weighted by Gasteiger charge is -2.26. The molecule has 6 rings (SSSR count). The van der Waals surface area contributed by atoms with E-state index in [9.17, 15) is 4.79 Å². The van der Waals surface area contributed by atoms with Gasteiger partial charge in [-0.2, -0.15) is 10.1 Å². The zero-order valence-corrected chi connectivity index (χ0v) is 21.8. The summed E-state index contributed by atoms with van der Waals surface area (Å²) < 4.78 is 2.11.